The molecule has 1 atom stereocenters. The number of benzene rings is 1. The SMILES string of the molecule is Cc1ccncc1C(CO)Nc1ccccc1F. The van der Waals surface area contributed by atoms with Gasteiger partial charge in [-0.05, 0) is 36.2 Å². The number of aliphatic hydroxyl groups excluding tert-OH is 1. The second kappa shape index (κ2) is 5.60. The van der Waals surface area contributed by atoms with E-state index in [1.165, 1.54) is 6.07 Å². The van der Waals surface area contributed by atoms with Crippen LogP contribution in [-0.4, -0.2) is 16.7 Å². The van der Waals surface area contributed by atoms with E-state index in [1.807, 2.05) is 13.0 Å². The summed E-state index contributed by atoms with van der Waals surface area (Å²) in [5, 5.41) is 12.4. The highest BCUT2D eigenvalue weighted by Gasteiger charge is 2.14. The molecule has 0 amide bonds. The fourth-order valence-electron chi connectivity index (χ4n) is 1.83. The molecule has 2 aromatic rings. The molecule has 1 unspecified atom stereocenters. The maximum Gasteiger partial charge on any atom is 0.146 e. The van der Waals surface area contributed by atoms with Gasteiger partial charge in [0.25, 0.3) is 0 Å². The van der Waals surface area contributed by atoms with Crippen LogP contribution in [0.5, 0.6) is 0 Å². The lowest BCUT2D eigenvalue weighted by atomic mass is 10.0. The fourth-order valence-corrected chi connectivity index (χ4v) is 1.83. The predicted molar refractivity (Wildman–Crippen MR) is 68.8 cm³/mol. The molecule has 1 aromatic heterocycles. The van der Waals surface area contributed by atoms with E-state index in [1.54, 1.807) is 30.6 Å². The molecular formula is C14H15FN2O. The highest BCUT2D eigenvalue weighted by atomic mass is 19.1. The van der Waals surface area contributed by atoms with E-state index in [2.05, 4.69) is 10.3 Å². The number of rotatable bonds is 4. The van der Waals surface area contributed by atoms with Gasteiger partial charge in [-0.3, -0.25) is 4.98 Å². The molecule has 18 heavy (non-hydrogen) atoms. The predicted octanol–water partition coefficient (Wildman–Crippen LogP) is 2.67. The summed E-state index contributed by atoms with van der Waals surface area (Å²) in [6.45, 7) is 1.81. The normalized spacial score (nSPS) is 12.2. The molecule has 4 heteroatoms. The maximum absolute atomic E-state index is 13.5. The lowest BCUT2D eigenvalue weighted by molar-refractivity contribution is 0.275. The molecule has 1 aromatic carbocycles. The van der Waals surface area contributed by atoms with E-state index in [0.29, 0.717) is 5.69 Å². The molecule has 0 aliphatic rings. The number of pyridine rings is 1. The van der Waals surface area contributed by atoms with Gasteiger partial charge < -0.3 is 10.4 Å². The average molecular weight is 246 g/mol. The van der Waals surface area contributed by atoms with Crippen molar-refractivity contribution in [2.45, 2.75) is 13.0 Å². The summed E-state index contributed by atoms with van der Waals surface area (Å²) in [6, 6.07) is 7.90. The van der Waals surface area contributed by atoms with Crippen molar-refractivity contribution < 1.29 is 9.50 Å². The molecule has 0 saturated carbocycles. The van der Waals surface area contributed by atoms with E-state index >= 15 is 0 Å². The van der Waals surface area contributed by atoms with E-state index in [9.17, 15) is 9.50 Å². The number of aliphatic hydroxyl groups is 1. The van der Waals surface area contributed by atoms with Crippen molar-refractivity contribution in [3.8, 4) is 0 Å². The summed E-state index contributed by atoms with van der Waals surface area (Å²) in [6.07, 6.45) is 3.38. The van der Waals surface area contributed by atoms with Crippen molar-refractivity contribution in [1.29, 1.82) is 0 Å². The molecule has 0 spiro atoms. The summed E-state index contributed by atoms with van der Waals surface area (Å²) in [5.74, 6) is -0.336. The molecule has 0 saturated heterocycles. The van der Waals surface area contributed by atoms with Gasteiger partial charge >= 0.3 is 0 Å². The molecule has 1 heterocycles. The maximum atomic E-state index is 13.5. The molecule has 3 nitrogen and oxygen atoms in total. The summed E-state index contributed by atoms with van der Waals surface area (Å²) >= 11 is 0. The number of anilines is 1. The van der Waals surface area contributed by atoms with E-state index in [0.717, 1.165) is 11.1 Å². The van der Waals surface area contributed by atoms with Gasteiger partial charge in [0.05, 0.1) is 18.3 Å². The first kappa shape index (κ1) is 12.5. The zero-order valence-corrected chi connectivity index (χ0v) is 10.1. The molecule has 2 rings (SSSR count). The third-order valence-corrected chi connectivity index (χ3v) is 2.84. The van der Waals surface area contributed by atoms with Gasteiger partial charge in [-0.25, -0.2) is 4.39 Å². The van der Waals surface area contributed by atoms with Crippen molar-refractivity contribution in [3.05, 3.63) is 59.7 Å². The zero-order valence-electron chi connectivity index (χ0n) is 10.1. The van der Waals surface area contributed by atoms with Crippen LogP contribution in [0.3, 0.4) is 0 Å². The smallest absolute Gasteiger partial charge is 0.146 e. The van der Waals surface area contributed by atoms with Crippen LogP contribution in [0.25, 0.3) is 0 Å². The Kier molecular flexibility index (Phi) is 3.89. The van der Waals surface area contributed by atoms with E-state index < -0.39 is 0 Å². The third kappa shape index (κ3) is 2.65. The van der Waals surface area contributed by atoms with Crippen molar-refractivity contribution in [2.24, 2.45) is 0 Å². The van der Waals surface area contributed by atoms with Crippen LogP contribution in [0.1, 0.15) is 17.2 Å². The number of aryl methyl sites for hydroxylation is 1. The number of halogens is 1. The number of hydrogen-bond donors (Lipinski definition) is 2. The monoisotopic (exact) mass is 246 g/mol. The largest absolute Gasteiger partial charge is 0.394 e. The number of hydrogen-bond acceptors (Lipinski definition) is 3. The Bertz CT molecular complexity index is 531. The summed E-state index contributed by atoms with van der Waals surface area (Å²) in [7, 11) is 0. The quantitative estimate of drug-likeness (QED) is 0.871. The minimum Gasteiger partial charge on any atom is -0.394 e. The van der Waals surface area contributed by atoms with Crippen LogP contribution in [-0.2, 0) is 0 Å². The van der Waals surface area contributed by atoms with Crippen LogP contribution in [0.15, 0.2) is 42.7 Å². The Morgan fingerprint density at radius 1 is 1.33 bits per heavy atom. The van der Waals surface area contributed by atoms with E-state index in [4.69, 9.17) is 0 Å². The lowest BCUT2D eigenvalue weighted by Gasteiger charge is -2.19. The van der Waals surface area contributed by atoms with Crippen molar-refractivity contribution >= 4 is 5.69 Å². The van der Waals surface area contributed by atoms with Crippen molar-refractivity contribution in [3.63, 3.8) is 0 Å². The first-order valence-electron chi connectivity index (χ1n) is 5.75. The molecule has 0 radical (unpaired) electrons. The minimum absolute atomic E-state index is 0.124. The van der Waals surface area contributed by atoms with Crippen molar-refractivity contribution in [2.75, 3.05) is 11.9 Å². The standard InChI is InChI=1S/C14H15FN2O/c1-10-6-7-16-8-11(10)14(9-18)17-13-5-3-2-4-12(13)15/h2-8,14,17-18H,9H2,1H3. The lowest BCUT2D eigenvalue weighted by Crippen LogP contribution is -2.17. The Labute approximate surface area is 105 Å². The number of nitrogens with one attached hydrogen (secondary N) is 1. The van der Waals surface area contributed by atoms with Gasteiger partial charge in [0.2, 0.25) is 0 Å². The first-order chi connectivity index (χ1) is 8.72. The van der Waals surface area contributed by atoms with Crippen LogP contribution in [0, 0.1) is 12.7 Å². The van der Waals surface area contributed by atoms with Gasteiger partial charge in [-0.15, -0.1) is 0 Å². The molecular weight excluding hydrogens is 231 g/mol. The highest BCUT2D eigenvalue weighted by Crippen LogP contribution is 2.23. The average Bonchev–Trinajstić information content (AvgIpc) is 2.39. The van der Waals surface area contributed by atoms with Gasteiger partial charge in [0, 0.05) is 12.4 Å². The fraction of sp³-hybridized carbons (Fsp3) is 0.214. The summed E-state index contributed by atoms with van der Waals surface area (Å²) < 4.78 is 13.5. The van der Waals surface area contributed by atoms with E-state index in [-0.39, 0.29) is 18.5 Å². The number of para-hydroxylation sites is 1. The Morgan fingerprint density at radius 2 is 2.11 bits per heavy atom. The minimum atomic E-state index is -0.365. The van der Waals surface area contributed by atoms with Crippen LogP contribution in [0.4, 0.5) is 10.1 Å². The molecule has 94 valence electrons. The molecule has 0 bridgehead atoms. The van der Waals surface area contributed by atoms with Gasteiger partial charge in [0.15, 0.2) is 0 Å². The third-order valence-electron chi connectivity index (χ3n) is 2.84. The van der Waals surface area contributed by atoms with Crippen LogP contribution >= 0.6 is 0 Å². The number of aromatic nitrogens is 1. The molecule has 0 fully saturated rings. The topological polar surface area (TPSA) is 45.2 Å². The van der Waals surface area contributed by atoms with Gasteiger partial charge in [-0.2, -0.15) is 0 Å². The van der Waals surface area contributed by atoms with Gasteiger partial charge in [-0.1, -0.05) is 12.1 Å². The zero-order chi connectivity index (χ0) is 13.0. The Morgan fingerprint density at radius 3 is 2.78 bits per heavy atom. The first-order valence-corrected chi connectivity index (χ1v) is 5.75. The molecule has 0 aliphatic heterocycles. The number of nitrogens with zero attached hydrogens (tertiary/aromatic N) is 1. The Hall–Kier alpha value is -1.94. The highest BCUT2D eigenvalue weighted by molar-refractivity contribution is 5.47. The summed E-state index contributed by atoms with van der Waals surface area (Å²) in [4.78, 5) is 4.03. The molecule has 2 N–H and O–H groups in total. The summed E-state index contributed by atoms with van der Waals surface area (Å²) in [5.41, 5.74) is 2.25. The molecule has 0 aliphatic carbocycles. The van der Waals surface area contributed by atoms with Gasteiger partial charge in [0.1, 0.15) is 5.82 Å². The second-order valence-corrected chi connectivity index (χ2v) is 4.09. The van der Waals surface area contributed by atoms with Crippen LogP contribution in [0.2, 0.25) is 0 Å². The Balaban J connectivity index is 2.26. The second-order valence-electron chi connectivity index (χ2n) is 4.09. The van der Waals surface area contributed by atoms with Crippen molar-refractivity contribution in [1.82, 2.24) is 4.98 Å². The van der Waals surface area contributed by atoms with Crippen LogP contribution < -0.4 is 5.32 Å².